The Morgan fingerprint density at radius 1 is 1.04 bits per heavy atom. The monoisotopic (exact) mass is 377 g/mol. The topological polar surface area (TPSA) is 118 Å². The lowest BCUT2D eigenvalue weighted by Crippen LogP contribution is -2.13. The van der Waals surface area contributed by atoms with Crippen molar-refractivity contribution in [2.75, 3.05) is 14.2 Å². The number of rotatable bonds is 5. The third-order valence-corrected chi connectivity index (χ3v) is 4.23. The second kappa shape index (κ2) is 7.63. The van der Waals surface area contributed by atoms with E-state index in [0.29, 0.717) is 33.9 Å². The van der Waals surface area contributed by atoms with Gasteiger partial charge in [-0.2, -0.15) is 5.26 Å². The number of ether oxygens (including phenoxy) is 2. The summed E-state index contributed by atoms with van der Waals surface area (Å²) in [6.45, 7) is 0. The van der Waals surface area contributed by atoms with Gasteiger partial charge in [0.05, 0.1) is 19.1 Å². The van der Waals surface area contributed by atoms with Gasteiger partial charge in [-0.1, -0.05) is 0 Å². The molecule has 0 fully saturated rings. The van der Waals surface area contributed by atoms with Gasteiger partial charge in [-0.3, -0.25) is 14.9 Å². The van der Waals surface area contributed by atoms with Crippen molar-refractivity contribution < 1.29 is 14.4 Å². The number of aromatic amines is 1. The van der Waals surface area contributed by atoms with Crippen molar-refractivity contribution in [3.63, 3.8) is 0 Å². The highest BCUT2D eigenvalue weighted by molar-refractivity contribution is 5.80. The molecule has 0 atom stereocenters. The van der Waals surface area contributed by atoms with Gasteiger partial charge in [0.25, 0.3) is 11.2 Å². The molecule has 3 rings (SSSR count). The number of nitro groups is 1. The summed E-state index contributed by atoms with van der Waals surface area (Å²) in [7, 11) is 3.00. The van der Waals surface area contributed by atoms with E-state index >= 15 is 0 Å². The maximum atomic E-state index is 12.5. The number of nitrogens with one attached hydrogen (secondary N) is 1. The van der Waals surface area contributed by atoms with Crippen molar-refractivity contribution in [3.8, 4) is 40.0 Å². The number of nitrogens with zero attached hydrogens (tertiary/aromatic N) is 2. The second-order valence-corrected chi connectivity index (χ2v) is 5.78. The Labute approximate surface area is 159 Å². The van der Waals surface area contributed by atoms with Crippen LogP contribution in [0.3, 0.4) is 0 Å². The number of H-pyrrole nitrogens is 1. The maximum absolute atomic E-state index is 12.5. The first kappa shape index (κ1) is 18.7. The fraction of sp³-hybridized carbons (Fsp3) is 0.100. The number of hydrogen-bond donors (Lipinski definition) is 1. The van der Waals surface area contributed by atoms with Gasteiger partial charge < -0.3 is 14.5 Å². The molecule has 0 unspecified atom stereocenters. The summed E-state index contributed by atoms with van der Waals surface area (Å²) < 4.78 is 10.6. The molecular formula is C20H15N3O5. The number of pyridine rings is 1. The Morgan fingerprint density at radius 2 is 1.75 bits per heavy atom. The van der Waals surface area contributed by atoms with E-state index in [-0.39, 0.29) is 11.3 Å². The summed E-state index contributed by atoms with van der Waals surface area (Å²) in [5.41, 5.74) is 1.17. The Kier molecular flexibility index (Phi) is 5.09. The molecule has 0 saturated heterocycles. The summed E-state index contributed by atoms with van der Waals surface area (Å²) in [6, 6.07) is 14.4. The highest BCUT2D eigenvalue weighted by Crippen LogP contribution is 2.36. The first-order valence-electron chi connectivity index (χ1n) is 8.13. The van der Waals surface area contributed by atoms with Crippen LogP contribution in [0.1, 0.15) is 5.56 Å². The van der Waals surface area contributed by atoms with Crippen LogP contribution in [0, 0.1) is 21.4 Å². The molecule has 8 nitrogen and oxygen atoms in total. The van der Waals surface area contributed by atoms with Crippen LogP contribution in [0.15, 0.2) is 53.3 Å². The standard InChI is InChI=1S/C20H15N3O5/c1-27-14-7-8-19(28-2)16(9-14)15-10-18(22-20(24)17(15)11-21)12-3-5-13(6-4-12)23(25)26/h3-10H,1-2H3,(H,22,24). The molecule has 0 aliphatic rings. The summed E-state index contributed by atoms with van der Waals surface area (Å²) in [5.74, 6) is 1.01. The molecule has 28 heavy (non-hydrogen) atoms. The molecule has 3 aromatic rings. The second-order valence-electron chi connectivity index (χ2n) is 5.78. The van der Waals surface area contributed by atoms with Crippen molar-refractivity contribution in [1.29, 1.82) is 5.26 Å². The Bertz CT molecular complexity index is 1140. The van der Waals surface area contributed by atoms with Crippen LogP contribution in [-0.4, -0.2) is 24.1 Å². The molecule has 0 saturated carbocycles. The van der Waals surface area contributed by atoms with Crippen LogP contribution >= 0.6 is 0 Å². The van der Waals surface area contributed by atoms with Crippen molar-refractivity contribution in [1.82, 2.24) is 4.98 Å². The molecule has 0 aliphatic carbocycles. The molecule has 0 aliphatic heterocycles. The van der Waals surface area contributed by atoms with E-state index in [1.165, 1.54) is 38.5 Å². The van der Waals surface area contributed by atoms with Gasteiger partial charge in [-0.25, -0.2) is 0 Å². The molecule has 1 N–H and O–H groups in total. The molecule has 1 aromatic heterocycles. The lowest BCUT2D eigenvalue weighted by atomic mass is 9.98. The van der Waals surface area contributed by atoms with Gasteiger partial charge in [0.2, 0.25) is 0 Å². The molecule has 0 amide bonds. The summed E-state index contributed by atoms with van der Waals surface area (Å²) in [5, 5.41) is 20.3. The lowest BCUT2D eigenvalue weighted by Gasteiger charge is -2.13. The third-order valence-electron chi connectivity index (χ3n) is 4.23. The van der Waals surface area contributed by atoms with E-state index in [1.807, 2.05) is 6.07 Å². The number of nitro benzene ring substituents is 1. The van der Waals surface area contributed by atoms with E-state index < -0.39 is 10.5 Å². The number of methoxy groups -OCH3 is 2. The molecule has 1 heterocycles. The minimum Gasteiger partial charge on any atom is -0.497 e. The summed E-state index contributed by atoms with van der Waals surface area (Å²) in [6.07, 6.45) is 0. The van der Waals surface area contributed by atoms with E-state index in [2.05, 4.69) is 4.98 Å². The molecule has 0 bridgehead atoms. The number of benzene rings is 2. The van der Waals surface area contributed by atoms with Crippen LogP contribution < -0.4 is 15.0 Å². The van der Waals surface area contributed by atoms with Crippen molar-refractivity contribution in [3.05, 3.63) is 74.6 Å². The van der Waals surface area contributed by atoms with E-state index in [9.17, 15) is 20.2 Å². The zero-order valence-electron chi connectivity index (χ0n) is 15.1. The first-order chi connectivity index (χ1) is 13.5. The van der Waals surface area contributed by atoms with E-state index in [0.717, 1.165) is 0 Å². The predicted octanol–water partition coefficient (Wildman–Crippen LogP) is 3.51. The Hall–Kier alpha value is -4.12. The quantitative estimate of drug-likeness (QED) is 0.537. The third kappa shape index (κ3) is 3.41. The summed E-state index contributed by atoms with van der Waals surface area (Å²) >= 11 is 0. The SMILES string of the molecule is COc1ccc(OC)c(-c2cc(-c3ccc([N+](=O)[O-])cc3)[nH]c(=O)c2C#N)c1. The average Bonchev–Trinajstić information content (AvgIpc) is 2.72. The Morgan fingerprint density at radius 3 is 2.32 bits per heavy atom. The van der Waals surface area contributed by atoms with Gasteiger partial charge in [-0.15, -0.1) is 0 Å². The van der Waals surface area contributed by atoms with Crippen molar-refractivity contribution in [2.24, 2.45) is 0 Å². The number of aromatic nitrogens is 1. The maximum Gasteiger partial charge on any atom is 0.269 e. The average molecular weight is 377 g/mol. The largest absolute Gasteiger partial charge is 0.497 e. The van der Waals surface area contributed by atoms with E-state index in [1.54, 1.807) is 24.3 Å². The fourth-order valence-corrected chi connectivity index (χ4v) is 2.83. The van der Waals surface area contributed by atoms with Crippen LogP contribution in [0.4, 0.5) is 5.69 Å². The van der Waals surface area contributed by atoms with Gasteiger partial charge in [0, 0.05) is 29.0 Å². The smallest absolute Gasteiger partial charge is 0.269 e. The Balaban J connectivity index is 2.24. The minimum atomic E-state index is -0.571. The highest BCUT2D eigenvalue weighted by atomic mass is 16.6. The van der Waals surface area contributed by atoms with Gasteiger partial charge in [-0.05, 0) is 42.0 Å². The molecule has 2 aromatic carbocycles. The zero-order chi connectivity index (χ0) is 20.3. The number of hydrogen-bond acceptors (Lipinski definition) is 6. The lowest BCUT2D eigenvalue weighted by molar-refractivity contribution is -0.384. The fourth-order valence-electron chi connectivity index (χ4n) is 2.83. The van der Waals surface area contributed by atoms with Gasteiger partial charge in [0.15, 0.2) is 0 Å². The molecule has 0 spiro atoms. The predicted molar refractivity (Wildman–Crippen MR) is 102 cm³/mol. The van der Waals surface area contributed by atoms with E-state index in [4.69, 9.17) is 9.47 Å². The van der Waals surface area contributed by atoms with Gasteiger partial charge in [0.1, 0.15) is 23.1 Å². The molecule has 140 valence electrons. The molecule has 8 heteroatoms. The summed E-state index contributed by atoms with van der Waals surface area (Å²) in [4.78, 5) is 25.5. The van der Waals surface area contributed by atoms with Crippen LogP contribution in [0.25, 0.3) is 22.4 Å². The first-order valence-corrected chi connectivity index (χ1v) is 8.13. The number of non-ortho nitro benzene ring substituents is 1. The zero-order valence-corrected chi connectivity index (χ0v) is 15.1. The van der Waals surface area contributed by atoms with Crippen LogP contribution in [-0.2, 0) is 0 Å². The molecular weight excluding hydrogens is 362 g/mol. The highest BCUT2D eigenvalue weighted by Gasteiger charge is 2.17. The number of nitriles is 1. The van der Waals surface area contributed by atoms with Crippen LogP contribution in [0.5, 0.6) is 11.5 Å². The van der Waals surface area contributed by atoms with Crippen molar-refractivity contribution >= 4 is 5.69 Å². The molecule has 0 radical (unpaired) electrons. The van der Waals surface area contributed by atoms with Crippen LogP contribution in [0.2, 0.25) is 0 Å². The van der Waals surface area contributed by atoms with Crippen molar-refractivity contribution in [2.45, 2.75) is 0 Å². The normalized spacial score (nSPS) is 10.2. The van der Waals surface area contributed by atoms with Gasteiger partial charge >= 0.3 is 0 Å². The minimum absolute atomic E-state index is 0.0607.